The van der Waals surface area contributed by atoms with Crippen molar-refractivity contribution in [3.63, 3.8) is 0 Å². The standard InChI is InChI=1S/C34H23N2O/c1-21-18-23(20-35)32-28-15-9-14-27(33(28)37-34(32)31(21)30-16-7-8-17-36(30)2)29-19-22-10-3-4-11-24(22)25-12-5-6-13-26(25)29/h3-19H,1-2H3/q+1. The molecule has 0 radical (unpaired) electrons. The number of aryl methyl sites for hydroxylation is 2. The van der Waals surface area contributed by atoms with E-state index in [0.29, 0.717) is 5.56 Å². The molecule has 0 spiro atoms. The summed E-state index contributed by atoms with van der Waals surface area (Å²) < 4.78 is 8.89. The van der Waals surface area contributed by atoms with E-state index in [1.165, 1.54) is 21.5 Å². The number of fused-ring (bicyclic) bond motifs is 6. The summed E-state index contributed by atoms with van der Waals surface area (Å²) in [5, 5.41) is 16.8. The lowest BCUT2D eigenvalue weighted by atomic mass is 9.92. The third kappa shape index (κ3) is 3.09. The fourth-order valence-corrected chi connectivity index (χ4v) is 5.78. The van der Waals surface area contributed by atoms with E-state index in [-0.39, 0.29) is 0 Å². The summed E-state index contributed by atoms with van der Waals surface area (Å²) in [4.78, 5) is 0. The van der Waals surface area contributed by atoms with Gasteiger partial charge in [0.25, 0.3) is 0 Å². The number of hydrogen-bond donors (Lipinski definition) is 0. The maximum absolute atomic E-state index is 10.1. The second-order valence-corrected chi connectivity index (χ2v) is 9.60. The number of aromatic nitrogens is 1. The van der Waals surface area contributed by atoms with Crippen molar-refractivity contribution in [2.45, 2.75) is 6.92 Å². The SMILES string of the molecule is Cc1cc(C#N)c2c(oc3c(-c4cc5ccccc5c5ccccc45)cccc32)c1-c1cccc[n+]1C. The van der Waals surface area contributed by atoms with Crippen LogP contribution in [0.5, 0.6) is 0 Å². The molecule has 174 valence electrons. The van der Waals surface area contributed by atoms with Gasteiger partial charge in [0.2, 0.25) is 5.69 Å². The van der Waals surface area contributed by atoms with Crippen LogP contribution in [-0.2, 0) is 7.05 Å². The first-order valence-corrected chi connectivity index (χ1v) is 12.4. The lowest BCUT2D eigenvalue weighted by molar-refractivity contribution is -0.660. The predicted octanol–water partition coefficient (Wildman–Crippen LogP) is 8.23. The minimum Gasteiger partial charge on any atom is -0.454 e. The third-order valence-electron chi connectivity index (χ3n) is 7.46. The van der Waals surface area contributed by atoms with E-state index in [4.69, 9.17) is 4.42 Å². The van der Waals surface area contributed by atoms with Crippen LogP contribution < -0.4 is 4.57 Å². The first kappa shape index (κ1) is 21.4. The van der Waals surface area contributed by atoms with E-state index in [9.17, 15) is 5.26 Å². The van der Waals surface area contributed by atoms with Crippen LogP contribution in [0.1, 0.15) is 11.1 Å². The zero-order chi connectivity index (χ0) is 25.1. The number of para-hydroxylation sites is 1. The van der Waals surface area contributed by atoms with E-state index < -0.39 is 0 Å². The van der Waals surface area contributed by atoms with Crippen molar-refractivity contribution >= 4 is 43.5 Å². The van der Waals surface area contributed by atoms with E-state index in [2.05, 4.69) is 89.5 Å². The topological polar surface area (TPSA) is 40.8 Å². The molecule has 0 bridgehead atoms. The summed E-state index contributed by atoms with van der Waals surface area (Å²) in [7, 11) is 2.04. The zero-order valence-electron chi connectivity index (χ0n) is 20.6. The van der Waals surface area contributed by atoms with Crippen LogP contribution in [0.3, 0.4) is 0 Å². The fraction of sp³-hybridized carbons (Fsp3) is 0.0588. The minimum absolute atomic E-state index is 0.633. The summed E-state index contributed by atoms with van der Waals surface area (Å²) in [5.74, 6) is 0. The Kier molecular flexibility index (Phi) is 4.64. The Morgan fingerprint density at radius 3 is 2.24 bits per heavy atom. The maximum atomic E-state index is 10.1. The van der Waals surface area contributed by atoms with Gasteiger partial charge in [-0.05, 0) is 57.8 Å². The number of rotatable bonds is 2. The molecule has 7 rings (SSSR count). The summed E-state index contributed by atoms with van der Waals surface area (Å²) in [6.45, 7) is 2.05. The molecule has 0 unspecified atom stereocenters. The Morgan fingerprint density at radius 1 is 0.703 bits per heavy atom. The van der Waals surface area contributed by atoms with E-state index in [1.807, 2.05) is 38.4 Å². The molecule has 2 heterocycles. The Labute approximate surface area is 214 Å². The van der Waals surface area contributed by atoms with Crippen molar-refractivity contribution in [2.24, 2.45) is 7.05 Å². The molecular weight excluding hydrogens is 452 g/mol. The van der Waals surface area contributed by atoms with Crippen molar-refractivity contribution in [1.29, 1.82) is 5.26 Å². The van der Waals surface area contributed by atoms with Crippen LogP contribution in [-0.4, -0.2) is 0 Å². The molecule has 37 heavy (non-hydrogen) atoms. The average molecular weight is 476 g/mol. The molecule has 5 aromatic carbocycles. The van der Waals surface area contributed by atoms with Gasteiger partial charge in [-0.3, -0.25) is 0 Å². The molecule has 0 amide bonds. The second kappa shape index (κ2) is 8.05. The molecule has 7 aromatic rings. The van der Waals surface area contributed by atoms with Crippen molar-refractivity contribution in [2.75, 3.05) is 0 Å². The second-order valence-electron chi connectivity index (χ2n) is 9.60. The molecule has 0 aliphatic rings. The van der Waals surface area contributed by atoms with Gasteiger partial charge < -0.3 is 4.42 Å². The first-order valence-electron chi connectivity index (χ1n) is 12.4. The number of nitriles is 1. The minimum atomic E-state index is 0.633. The van der Waals surface area contributed by atoms with Gasteiger partial charge in [-0.2, -0.15) is 5.26 Å². The highest BCUT2D eigenvalue weighted by Crippen LogP contribution is 2.44. The molecular formula is C34H23N2O+. The predicted molar refractivity (Wildman–Crippen MR) is 150 cm³/mol. The highest BCUT2D eigenvalue weighted by atomic mass is 16.3. The van der Waals surface area contributed by atoms with Gasteiger partial charge in [0.05, 0.1) is 17.2 Å². The molecule has 0 saturated carbocycles. The van der Waals surface area contributed by atoms with Gasteiger partial charge in [0.15, 0.2) is 11.8 Å². The summed E-state index contributed by atoms with van der Waals surface area (Å²) in [5.41, 5.74) is 7.43. The molecule has 0 atom stereocenters. The monoisotopic (exact) mass is 475 g/mol. The normalized spacial score (nSPS) is 11.5. The molecule has 0 saturated heterocycles. The van der Waals surface area contributed by atoms with Crippen LogP contribution in [0.25, 0.3) is 65.9 Å². The molecule has 0 aliphatic heterocycles. The molecule has 0 N–H and O–H groups in total. The maximum Gasteiger partial charge on any atom is 0.216 e. The lowest BCUT2D eigenvalue weighted by Gasteiger charge is -2.11. The Morgan fingerprint density at radius 2 is 1.43 bits per heavy atom. The van der Waals surface area contributed by atoms with Gasteiger partial charge >= 0.3 is 0 Å². The van der Waals surface area contributed by atoms with Gasteiger partial charge in [-0.15, -0.1) is 0 Å². The first-order chi connectivity index (χ1) is 18.2. The van der Waals surface area contributed by atoms with E-state index in [0.717, 1.165) is 49.9 Å². The summed E-state index contributed by atoms with van der Waals surface area (Å²) in [6, 6.07) is 36.1. The largest absolute Gasteiger partial charge is 0.454 e. The van der Waals surface area contributed by atoms with E-state index in [1.54, 1.807) is 0 Å². The van der Waals surface area contributed by atoms with Gasteiger partial charge in [0, 0.05) is 28.5 Å². The van der Waals surface area contributed by atoms with Crippen LogP contribution in [0.2, 0.25) is 0 Å². The average Bonchev–Trinajstić information content (AvgIpc) is 3.32. The van der Waals surface area contributed by atoms with Crippen LogP contribution in [0, 0.1) is 18.3 Å². The van der Waals surface area contributed by atoms with Crippen molar-refractivity contribution in [3.8, 4) is 28.5 Å². The quantitative estimate of drug-likeness (QED) is 0.187. The lowest BCUT2D eigenvalue weighted by Crippen LogP contribution is -2.30. The van der Waals surface area contributed by atoms with Crippen LogP contribution in [0.15, 0.2) is 108 Å². The molecule has 2 aromatic heterocycles. The van der Waals surface area contributed by atoms with Crippen molar-refractivity contribution < 1.29 is 8.98 Å². The van der Waals surface area contributed by atoms with E-state index >= 15 is 0 Å². The Bertz CT molecular complexity index is 2070. The van der Waals surface area contributed by atoms with Crippen molar-refractivity contribution in [1.82, 2.24) is 0 Å². The van der Waals surface area contributed by atoms with Gasteiger partial charge in [-0.25, -0.2) is 4.57 Å². The van der Waals surface area contributed by atoms with Crippen LogP contribution in [0.4, 0.5) is 0 Å². The molecule has 3 nitrogen and oxygen atoms in total. The number of furan rings is 1. The van der Waals surface area contributed by atoms with Gasteiger partial charge in [0.1, 0.15) is 12.6 Å². The highest BCUT2D eigenvalue weighted by molar-refractivity contribution is 6.19. The van der Waals surface area contributed by atoms with Crippen molar-refractivity contribution in [3.05, 3.63) is 114 Å². The summed E-state index contributed by atoms with van der Waals surface area (Å²) in [6.07, 6.45) is 2.04. The van der Waals surface area contributed by atoms with Gasteiger partial charge in [-0.1, -0.05) is 66.7 Å². The zero-order valence-corrected chi connectivity index (χ0v) is 20.6. The highest BCUT2D eigenvalue weighted by Gasteiger charge is 2.24. The number of benzene rings is 5. The molecule has 0 fully saturated rings. The molecule has 3 heteroatoms. The summed E-state index contributed by atoms with van der Waals surface area (Å²) >= 11 is 0. The molecule has 0 aliphatic carbocycles. The smallest absolute Gasteiger partial charge is 0.216 e. The number of nitrogens with zero attached hydrogens (tertiary/aromatic N) is 2. The fourth-order valence-electron chi connectivity index (χ4n) is 5.78. The number of pyridine rings is 1. The van der Waals surface area contributed by atoms with Crippen LogP contribution >= 0.6 is 0 Å². The Hall–Kier alpha value is -4.94. The third-order valence-corrected chi connectivity index (χ3v) is 7.46. The number of hydrogen-bond acceptors (Lipinski definition) is 2. The Balaban J connectivity index is 1.64.